The van der Waals surface area contributed by atoms with Gasteiger partial charge in [0.1, 0.15) is 11.9 Å². The van der Waals surface area contributed by atoms with Crippen molar-refractivity contribution in [1.29, 1.82) is 5.26 Å². The molecule has 3 heteroatoms. The van der Waals surface area contributed by atoms with Gasteiger partial charge >= 0.3 is 0 Å². The van der Waals surface area contributed by atoms with Crippen LogP contribution in [0.25, 0.3) is 0 Å². The van der Waals surface area contributed by atoms with Crippen LogP contribution in [0, 0.1) is 17.1 Å². The Morgan fingerprint density at radius 2 is 2.14 bits per heavy atom. The molecule has 0 aromatic heterocycles. The summed E-state index contributed by atoms with van der Waals surface area (Å²) in [4.78, 5) is 0. The number of rotatable bonds is 4. The first-order valence-corrected chi connectivity index (χ1v) is 4.27. The standard InChI is InChI=1S/C11H11FN2/c1-2-7-14-11(8-13)9-3-5-10(12)6-4-9/h2-6,11,14H,1,7H2. The highest BCUT2D eigenvalue weighted by atomic mass is 19.1. The summed E-state index contributed by atoms with van der Waals surface area (Å²) in [5.74, 6) is -0.297. The van der Waals surface area contributed by atoms with E-state index in [1.165, 1.54) is 12.1 Å². The molecule has 0 saturated heterocycles. The highest BCUT2D eigenvalue weighted by molar-refractivity contribution is 5.24. The summed E-state index contributed by atoms with van der Waals surface area (Å²) in [6, 6.07) is 7.56. The molecule has 0 aliphatic carbocycles. The minimum atomic E-state index is -0.409. The Labute approximate surface area is 82.7 Å². The number of nitrogens with one attached hydrogen (secondary N) is 1. The van der Waals surface area contributed by atoms with Gasteiger partial charge in [-0.2, -0.15) is 5.26 Å². The summed E-state index contributed by atoms with van der Waals surface area (Å²) in [5.41, 5.74) is 0.760. The molecule has 1 N–H and O–H groups in total. The van der Waals surface area contributed by atoms with Crippen LogP contribution in [-0.2, 0) is 0 Å². The van der Waals surface area contributed by atoms with Crippen LogP contribution in [0.3, 0.4) is 0 Å². The number of hydrogen-bond donors (Lipinski definition) is 1. The molecular weight excluding hydrogens is 179 g/mol. The third-order valence-corrected chi connectivity index (χ3v) is 1.80. The first kappa shape index (κ1) is 10.4. The summed E-state index contributed by atoms with van der Waals surface area (Å²) < 4.78 is 12.6. The molecule has 1 rings (SSSR count). The van der Waals surface area contributed by atoms with Gasteiger partial charge < -0.3 is 0 Å². The zero-order chi connectivity index (χ0) is 10.4. The Balaban J connectivity index is 2.74. The van der Waals surface area contributed by atoms with Crippen LogP contribution < -0.4 is 5.32 Å². The number of halogens is 1. The second-order valence-electron chi connectivity index (χ2n) is 2.81. The molecule has 0 radical (unpaired) electrons. The topological polar surface area (TPSA) is 35.8 Å². The van der Waals surface area contributed by atoms with Crippen molar-refractivity contribution < 1.29 is 4.39 Å². The fourth-order valence-corrected chi connectivity index (χ4v) is 1.09. The lowest BCUT2D eigenvalue weighted by Crippen LogP contribution is -2.19. The SMILES string of the molecule is C=CCNC(C#N)c1ccc(F)cc1. The smallest absolute Gasteiger partial charge is 0.123 e. The average molecular weight is 190 g/mol. The minimum absolute atomic E-state index is 0.297. The van der Waals surface area contributed by atoms with E-state index in [1.807, 2.05) is 0 Å². The largest absolute Gasteiger partial charge is 0.295 e. The minimum Gasteiger partial charge on any atom is -0.295 e. The van der Waals surface area contributed by atoms with Gasteiger partial charge in [-0.25, -0.2) is 4.39 Å². The molecule has 0 aliphatic heterocycles. The van der Waals surface area contributed by atoms with Crippen LogP contribution in [0.1, 0.15) is 11.6 Å². The molecule has 0 heterocycles. The van der Waals surface area contributed by atoms with E-state index in [0.717, 1.165) is 5.56 Å². The highest BCUT2D eigenvalue weighted by Crippen LogP contribution is 2.12. The van der Waals surface area contributed by atoms with Gasteiger partial charge in [-0.1, -0.05) is 18.2 Å². The normalized spacial score (nSPS) is 11.7. The first-order chi connectivity index (χ1) is 6.77. The fraction of sp³-hybridized carbons (Fsp3) is 0.182. The predicted octanol–water partition coefficient (Wildman–Crippen LogP) is 2.17. The van der Waals surface area contributed by atoms with Gasteiger partial charge in [-0.3, -0.25) is 5.32 Å². The molecule has 0 saturated carbocycles. The van der Waals surface area contributed by atoms with Crippen LogP contribution in [0.15, 0.2) is 36.9 Å². The lowest BCUT2D eigenvalue weighted by atomic mass is 10.1. The van der Waals surface area contributed by atoms with Crippen molar-refractivity contribution in [1.82, 2.24) is 5.32 Å². The van der Waals surface area contributed by atoms with Crippen molar-refractivity contribution in [3.05, 3.63) is 48.3 Å². The number of hydrogen-bond acceptors (Lipinski definition) is 2. The average Bonchev–Trinajstić information content (AvgIpc) is 2.21. The van der Waals surface area contributed by atoms with E-state index >= 15 is 0 Å². The Bertz CT molecular complexity index is 337. The highest BCUT2D eigenvalue weighted by Gasteiger charge is 2.07. The Hall–Kier alpha value is -1.66. The van der Waals surface area contributed by atoms with Gasteiger partial charge in [0.05, 0.1) is 6.07 Å². The lowest BCUT2D eigenvalue weighted by Gasteiger charge is -2.09. The van der Waals surface area contributed by atoms with E-state index in [-0.39, 0.29) is 5.82 Å². The van der Waals surface area contributed by atoms with Gasteiger partial charge in [0.2, 0.25) is 0 Å². The van der Waals surface area contributed by atoms with Crippen LogP contribution in [0.4, 0.5) is 4.39 Å². The van der Waals surface area contributed by atoms with Crippen molar-refractivity contribution in [3.8, 4) is 6.07 Å². The summed E-state index contributed by atoms with van der Waals surface area (Å²) in [5, 5.41) is 11.8. The maximum atomic E-state index is 12.6. The quantitative estimate of drug-likeness (QED) is 0.738. The number of benzene rings is 1. The third-order valence-electron chi connectivity index (χ3n) is 1.80. The maximum absolute atomic E-state index is 12.6. The van der Waals surface area contributed by atoms with E-state index in [0.29, 0.717) is 6.54 Å². The van der Waals surface area contributed by atoms with E-state index in [9.17, 15) is 4.39 Å². The molecule has 14 heavy (non-hydrogen) atoms. The predicted molar refractivity (Wildman–Crippen MR) is 53.0 cm³/mol. The molecule has 0 amide bonds. The third kappa shape index (κ3) is 2.68. The fourth-order valence-electron chi connectivity index (χ4n) is 1.09. The molecule has 1 aromatic rings. The second kappa shape index (κ2) is 5.15. The van der Waals surface area contributed by atoms with Crippen LogP contribution in [-0.4, -0.2) is 6.54 Å². The Morgan fingerprint density at radius 1 is 1.50 bits per heavy atom. The summed E-state index contributed by atoms with van der Waals surface area (Å²) in [6.07, 6.45) is 1.67. The van der Waals surface area contributed by atoms with Crippen LogP contribution >= 0.6 is 0 Å². The van der Waals surface area contributed by atoms with Crippen molar-refractivity contribution in [2.75, 3.05) is 6.54 Å². The van der Waals surface area contributed by atoms with Gasteiger partial charge in [-0.05, 0) is 17.7 Å². The molecule has 1 aromatic carbocycles. The maximum Gasteiger partial charge on any atom is 0.123 e. The molecule has 0 aliphatic rings. The zero-order valence-electron chi connectivity index (χ0n) is 7.70. The molecule has 1 atom stereocenters. The van der Waals surface area contributed by atoms with Gasteiger partial charge in [0.25, 0.3) is 0 Å². The second-order valence-corrected chi connectivity index (χ2v) is 2.81. The van der Waals surface area contributed by atoms with Crippen molar-refractivity contribution in [2.24, 2.45) is 0 Å². The van der Waals surface area contributed by atoms with Crippen LogP contribution in [0.2, 0.25) is 0 Å². The first-order valence-electron chi connectivity index (χ1n) is 4.27. The Kier molecular flexibility index (Phi) is 3.84. The summed E-state index contributed by atoms with van der Waals surface area (Å²) in [7, 11) is 0. The van der Waals surface area contributed by atoms with Crippen LogP contribution in [0.5, 0.6) is 0 Å². The monoisotopic (exact) mass is 190 g/mol. The lowest BCUT2D eigenvalue weighted by molar-refractivity contribution is 0.623. The summed E-state index contributed by atoms with van der Waals surface area (Å²) in [6.45, 7) is 4.09. The van der Waals surface area contributed by atoms with E-state index in [1.54, 1.807) is 18.2 Å². The molecule has 1 unspecified atom stereocenters. The van der Waals surface area contributed by atoms with Crippen molar-refractivity contribution in [3.63, 3.8) is 0 Å². The number of nitrogens with zero attached hydrogens (tertiary/aromatic N) is 1. The van der Waals surface area contributed by atoms with Crippen molar-refractivity contribution >= 4 is 0 Å². The van der Waals surface area contributed by atoms with E-state index in [2.05, 4.69) is 18.0 Å². The molecule has 0 spiro atoms. The van der Waals surface area contributed by atoms with E-state index < -0.39 is 6.04 Å². The molecular formula is C11H11FN2. The molecule has 0 bridgehead atoms. The molecule has 72 valence electrons. The van der Waals surface area contributed by atoms with Gasteiger partial charge in [-0.15, -0.1) is 6.58 Å². The van der Waals surface area contributed by atoms with E-state index in [4.69, 9.17) is 5.26 Å². The molecule has 0 fully saturated rings. The van der Waals surface area contributed by atoms with Gasteiger partial charge in [0, 0.05) is 6.54 Å². The zero-order valence-corrected chi connectivity index (χ0v) is 7.70. The Morgan fingerprint density at radius 3 is 2.64 bits per heavy atom. The van der Waals surface area contributed by atoms with Gasteiger partial charge in [0.15, 0.2) is 0 Å². The molecule has 2 nitrogen and oxygen atoms in total. The van der Waals surface area contributed by atoms with Crippen molar-refractivity contribution in [2.45, 2.75) is 6.04 Å². The number of nitriles is 1. The summed E-state index contributed by atoms with van der Waals surface area (Å²) >= 11 is 0.